The second-order valence-corrected chi connectivity index (χ2v) is 7.32. The molecule has 2 unspecified atom stereocenters. The first-order chi connectivity index (χ1) is 13.1. The van der Waals surface area contributed by atoms with Crippen molar-refractivity contribution in [1.82, 2.24) is 15.8 Å². The summed E-state index contributed by atoms with van der Waals surface area (Å²) in [5.74, 6) is -0.147. The van der Waals surface area contributed by atoms with E-state index in [1.54, 1.807) is 12.1 Å². The van der Waals surface area contributed by atoms with Crippen LogP contribution in [0.5, 0.6) is 0 Å². The van der Waals surface area contributed by atoms with Gasteiger partial charge in [-0.15, -0.1) is 0 Å². The lowest BCUT2D eigenvalue weighted by Crippen LogP contribution is -2.53. The zero-order chi connectivity index (χ0) is 18.8. The Morgan fingerprint density at radius 1 is 1.00 bits per heavy atom. The maximum Gasteiger partial charge on any atom is 0.241 e. The Labute approximate surface area is 163 Å². The number of hydrazine groups is 1. The van der Waals surface area contributed by atoms with Crippen molar-refractivity contribution >= 4 is 23.2 Å². The molecule has 2 aliphatic heterocycles. The minimum atomic E-state index is -0.286. The van der Waals surface area contributed by atoms with Crippen LogP contribution in [-0.2, 0) is 4.79 Å². The van der Waals surface area contributed by atoms with E-state index in [4.69, 9.17) is 11.6 Å². The minimum absolute atomic E-state index is 0.00681. The van der Waals surface area contributed by atoms with Gasteiger partial charge in [0.1, 0.15) is 11.9 Å². The highest BCUT2D eigenvalue weighted by Gasteiger charge is 2.34. The fourth-order valence-electron chi connectivity index (χ4n) is 3.78. The first-order valence-electron chi connectivity index (χ1n) is 9.17. The quantitative estimate of drug-likeness (QED) is 0.848. The number of hydrogen-bond donors (Lipinski definition) is 2. The maximum absolute atomic E-state index is 14.0. The Bertz CT molecular complexity index is 825. The van der Waals surface area contributed by atoms with E-state index in [9.17, 15) is 9.18 Å². The predicted octanol–water partition coefficient (Wildman–Crippen LogP) is 2.74. The number of amides is 1. The van der Waals surface area contributed by atoms with Gasteiger partial charge in [0.05, 0.1) is 5.69 Å². The Morgan fingerprint density at radius 2 is 1.70 bits per heavy atom. The number of piperazine rings is 1. The van der Waals surface area contributed by atoms with Crippen molar-refractivity contribution in [2.75, 3.05) is 31.1 Å². The van der Waals surface area contributed by atoms with Crippen molar-refractivity contribution in [3.63, 3.8) is 0 Å². The van der Waals surface area contributed by atoms with E-state index in [2.05, 4.69) is 10.9 Å². The normalized spacial score (nSPS) is 22.9. The molecule has 4 rings (SSSR count). The number of nitrogens with one attached hydrogen (secondary N) is 2. The zero-order valence-corrected chi connectivity index (χ0v) is 15.6. The summed E-state index contributed by atoms with van der Waals surface area (Å²) in [5, 5.41) is 0.698. The van der Waals surface area contributed by atoms with Crippen molar-refractivity contribution in [1.29, 1.82) is 0 Å². The summed E-state index contributed by atoms with van der Waals surface area (Å²) in [7, 11) is 0. The fourth-order valence-corrected chi connectivity index (χ4v) is 4.04. The van der Waals surface area contributed by atoms with Crippen molar-refractivity contribution < 1.29 is 9.18 Å². The number of carbonyl (C=O) groups excluding carboxylic acids is 1. The van der Waals surface area contributed by atoms with Gasteiger partial charge in [-0.2, -0.15) is 0 Å². The number of hydrogen-bond acceptors (Lipinski definition) is 4. The monoisotopic (exact) mass is 388 g/mol. The number of rotatable bonds is 3. The molecule has 0 saturated carbocycles. The fraction of sp³-hybridized carbons (Fsp3) is 0.350. The van der Waals surface area contributed by atoms with Crippen molar-refractivity contribution in [3.05, 3.63) is 64.9 Å². The summed E-state index contributed by atoms with van der Waals surface area (Å²) in [6.07, 6.45) is 0.649. The summed E-state index contributed by atoms with van der Waals surface area (Å²) >= 11 is 6.27. The van der Waals surface area contributed by atoms with Crippen molar-refractivity contribution in [2.24, 2.45) is 0 Å². The van der Waals surface area contributed by atoms with Crippen LogP contribution in [0.1, 0.15) is 18.0 Å². The molecule has 5 nitrogen and oxygen atoms in total. The van der Waals surface area contributed by atoms with Crippen molar-refractivity contribution in [3.8, 4) is 0 Å². The number of nitrogens with zero attached hydrogens (tertiary/aromatic N) is 2. The Hall–Kier alpha value is -2.15. The van der Waals surface area contributed by atoms with Crippen LogP contribution in [0.3, 0.4) is 0 Å². The molecule has 0 radical (unpaired) electrons. The van der Waals surface area contributed by atoms with Crippen LogP contribution in [0, 0.1) is 5.82 Å². The predicted molar refractivity (Wildman–Crippen MR) is 104 cm³/mol. The second kappa shape index (κ2) is 7.84. The molecule has 2 aromatic rings. The van der Waals surface area contributed by atoms with E-state index < -0.39 is 0 Å². The third-order valence-electron chi connectivity index (χ3n) is 5.27. The topological polar surface area (TPSA) is 47.6 Å². The number of carbonyl (C=O) groups is 1. The highest BCUT2D eigenvalue weighted by Crippen LogP contribution is 2.29. The summed E-state index contributed by atoms with van der Waals surface area (Å²) in [5.41, 5.74) is 7.88. The number of anilines is 1. The van der Waals surface area contributed by atoms with E-state index in [1.165, 1.54) is 6.07 Å². The van der Waals surface area contributed by atoms with E-state index >= 15 is 0 Å². The molecule has 0 aliphatic carbocycles. The van der Waals surface area contributed by atoms with E-state index in [0.717, 1.165) is 5.56 Å². The highest BCUT2D eigenvalue weighted by atomic mass is 35.5. The molecule has 2 atom stereocenters. The maximum atomic E-state index is 14.0. The molecule has 2 N–H and O–H groups in total. The summed E-state index contributed by atoms with van der Waals surface area (Å²) < 4.78 is 14.0. The van der Waals surface area contributed by atoms with Gasteiger partial charge in [-0.25, -0.2) is 15.2 Å². The van der Waals surface area contributed by atoms with Gasteiger partial charge in [0, 0.05) is 37.2 Å². The molecule has 2 aromatic carbocycles. The zero-order valence-electron chi connectivity index (χ0n) is 14.9. The van der Waals surface area contributed by atoms with E-state index in [0.29, 0.717) is 43.3 Å². The van der Waals surface area contributed by atoms with Gasteiger partial charge < -0.3 is 9.80 Å². The van der Waals surface area contributed by atoms with Gasteiger partial charge in [0.25, 0.3) is 0 Å². The van der Waals surface area contributed by atoms with Crippen LogP contribution in [0.15, 0.2) is 48.5 Å². The Balaban J connectivity index is 1.35. The summed E-state index contributed by atoms with van der Waals surface area (Å²) in [6, 6.07) is 14.2. The van der Waals surface area contributed by atoms with Crippen LogP contribution in [0.4, 0.5) is 10.1 Å². The second-order valence-electron chi connectivity index (χ2n) is 6.91. The lowest BCUT2D eigenvalue weighted by Gasteiger charge is -2.37. The molecule has 2 saturated heterocycles. The third kappa shape index (κ3) is 3.78. The van der Waals surface area contributed by atoms with Crippen LogP contribution in [0.25, 0.3) is 0 Å². The number of benzene rings is 2. The first-order valence-corrected chi connectivity index (χ1v) is 9.55. The van der Waals surface area contributed by atoms with Crippen molar-refractivity contribution in [2.45, 2.75) is 18.5 Å². The molecular formula is C20H22ClFN4O. The van der Waals surface area contributed by atoms with Crippen LogP contribution in [0.2, 0.25) is 5.02 Å². The van der Waals surface area contributed by atoms with Crippen LogP contribution >= 0.6 is 11.6 Å². The molecule has 2 heterocycles. The van der Waals surface area contributed by atoms with E-state index in [-0.39, 0.29) is 23.8 Å². The molecule has 1 amide bonds. The SMILES string of the molecule is O=C(C1CC(c2ccccc2Cl)NN1)N1CCN(c2ccccc2F)CC1. The van der Waals surface area contributed by atoms with Gasteiger partial charge in [-0.05, 0) is 30.2 Å². The lowest BCUT2D eigenvalue weighted by atomic mass is 10.0. The average Bonchev–Trinajstić information content (AvgIpc) is 3.18. The van der Waals surface area contributed by atoms with Gasteiger partial charge in [-0.3, -0.25) is 4.79 Å². The average molecular weight is 389 g/mol. The number of para-hydroxylation sites is 1. The number of halogens is 2. The molecule has 2 aliphatic rings. The first kappa shape index (κ1) is 18.2. The lowest BCUT2D eigenvalue weighted by molar-refractivity contribution is -0.133. The van der Waals surface area contributed by atoms with E-state index in [1.807, 2.05) is 40.1 Å². The molecule has 0 bridgehead atoms. The van der Waals surface area contributed by atoms with Gasteiger partial charge in [0.15, 0.2) is 0 Å². The largest absolute Gasteiger partial charge is 0.366 e. The minimum Gasteiger partial charge on any atom is -0.366 e. The molecule has 7 heteroatoms. The summed E-state index contributed by atoms with van der Waals surface area (Å²) in [4.78, 5) is 16.7. The van der Waals surface area contributed by atoms with Gasteiger partial charge in [0.2, 0.25) is 5.91 Å². The molecule has 27 heavy (non-hydrogen) atoms. The Kier molecular flexibility index (Phi) is 5.29. The van der Waals surface area contributed by atoms with Gasteiger partial charge >= 0.3 is 0 Å². The van der Waals surface area contributed by atoms with Crippen LogP contribution < -0.4 is 15.8 Å². The van der Waals surface area contributed by atoms with Crippen LogP contribution in [-0.4, -0.2) is 43.0 Å². The van der Waals surface area contributed by atoms with Gasteiger partial charge in [-0.1, -0.05) is 41.9 Å². The molecule has 0 aromatic heterocycles. The third-order valence-corrected chi connectivity index (χ3v) is 5.61. The Morgan fingerprint density at radius 3 is 2.44 bits per heavy atom. The highest BCUT2D eigenvalue weighted by molar-refractivity contribution is 6.31. The molecular weight excluding hydrogens is 367 g/mol. The molecule has 2 fully saturated rings. The summed E-state index contributed by atoms with van der Waals surface area (Å²) in [6.45, 7) is 2.42. The smallest absolute Gasteiger partial charge is 0.241 e. The molecule has 0 spiro atoms. The molecule has 142 valence electrons. The standard InChI is InChI=1S/C20H22ClFN4O/c21-15-6-2-1-5-14(15)17-13-18(24-23-17)20(27)26-11-9-25(10-12-26)19-8-4-3-7-16(19)22/h1-8,17-18,23-24H,9-13H2.